The molecule has 1 heterocycles. The van der Waals surface area contributed by atoms with E-state index < -0.39 is 22.7 Å². The molecule has 2 amide bonds. The number of aromatic nitrogens is 1. The third-order valence-corrected chi connectivity index (χ3v) is 4.51. The van der Waals surface area contributed by atoms with Gasteiger partial charge in [-0.25, -0.2) is 14.7 Å². The molecule has 2 aromatic carbocycles. The summed E-state index contributed by atoms with van der Waals surface area (Å²) < 4.78 is 38.9. The van der Waals surface area contributed by atoms with E-state index in [-0.39, 0.29) is 16.5 Å². The standard InChI is InChI=1S/C17H11F3N4O3S/c18-17(19,20)11-4-2-5-12(8-11)23(15(21)25)16-22-14(9-28-16)10-3-1-6-13(7-10)24(26)27/h1-9H,(H2,21,25). The van der Waals surface area contributed by atoms with E-state index in [2.05, 4.69) is 4.98 Å². The third kappa shape index (κ3) is 3.93. The molecule has 1 aromatic heterocycles. The first-order valence-corrected chi connectivity index (χ1v) is 8.52. The molecule has 11 heteroatoms. The van der Waals surface area contributed by atoms with Crippen molar-refractivity contribution in [1.82, 2.24) is 4.98 Å². The van der Waals surface area contributed by atoms with Crippen molar-refractivity contribution in [1.29, 1.82) is 0 Å². The number of alkyl halides is 3. The van der Waals surface area contributed by atoms with Crippen LogP contribution < -0.4 is 10.6 Å². The number of urea groups is 1. The fourth-order valence-corrected chi connectivity index (χ4v) is 3.29. The molecule has 3 rings (SSSR count). The summed E-state index contributed by atoms with van der Waals surface area (Å²) in [6.45, 7) is 0. The zero-order chi connectivity index (χ0) is 20.5. The highest BCUT2D eigenvalue weighted by Gasteiger charge is 2.31. The van der Waals surface area contributed by atoms with Crippen LogP contribution in [-0.2, 0) is 6.18 Å². The molecule has 3 aromatic rings. The number of carbonyl (C=O) groups excluding carboxylic acids is 1. The Balaban J connectivity index is 2.01. The third-order valence-electron chi connectivity index (χ3n) is 3.69. The van der Waals surface area contributed by atoms with Gasteiger partial charge in [0, 0.05) is 23.1 Å². The molecule has 0 saturated heterocycles. The molecule has 0 aliphatic carbocycles. The van der Waals surface area contributed by atoms with E-state index in [1.54, 1.807) is 6.07 Å². The number of carbonyl (C=O) groups is 1. The summed E-state index contributed by atoms with van der Waals surface area (Å²) in [7, 11) is 0. The predicted molar refractivity (Wildman–Crippen MR) is 97.4 cm³/mol. The second kappa shape index (κ2) is 7.27. The number of nitro benzene ring substituents is 1. The van der Waals surface area contributed by atoms with Crippen LogP contribution in [0.2, 0.25) is 0 Å². The topological polar surface area (TPSA) is 102 Å². The number of amides is 2. The Bertz CT molecular complexity index is 1050. The minimum atomic E-state index is -4.59. The first-order valence-electron chi connectivity index (χ1n) is 7.64. The summed E-state index contributed by atoms with van der Waals surface area (Å²) in [5.74, 6) is 0. The summed E-state index contributed by atoms with van der Waals surface area (Å²) in [5, 5.41) is 12.5. The number of benzene rings is 2. The second-order valence-corrected chi connectivity index (χ2v) is 6.38. The zero-order valence-corrected chi connectivity index (χ0v) is 14.7. The minimum Gasteiger partial charge on any atom is -0.351 e. The highest BCUT2D eigenvalue weighted by molar-refractivity contribution is 7.14. The van der Waals surface area contributed by atoms with Crippen LogP contribution in [0.5, 0.6) is 0 Å². The minimum absolute atomic E-state index is 0.0355. The highest BCUT2D eigenvalue weighted by atomic mass is 32.1. The van der Waals surface area contributed by atoms with Crippen LogP contribution in [0.3, 0.4) is 0 Å². The number of thiazole rings is 1. The van der Waals surface area contributed by atoms with Crippen molar-refractivity contribution in [2.75, 3.05) is 4.90 Å². The monoisotopic (exact) mass is 408 g/mol. The van der Waals surface area contributed by atoms with Crippen molar-refractivity contribution < 1.29 is 22.9 Å². The highest BCUT2D eigenvalue weighted by Crippen LogP contribution is 2.36. The number of rotatable bonds is 4. The Morgan fingerprint density at radius 1 is 1.18 bits per heavy atom. The lowest BCUT2D eigenvalue weighted by molar-refractivity contribution is -0.384. The van der Waals surface area contributed by atoms with Crippen LogP contribution >= 0.6 is 11.3 Å². The van der Waals surface area contributed by atoms with E-state index in [4.69, 9.17) is 5.73 Å². The van der Waals surface area contributed by atoms with Crippen molar-refractivity contribution in [3.05, 3.63) is 69.6 Å². The number of hydrogen-bond acceptors (Lipinski definition) is 5. The number of non-ortho nitro benzene ring substituents is 1. The lowest BCUT2D eigenvalue weighted by Gasteiger charge is -2.18. The van der Waals surface area contributed by atoms with Crippen molar-refractivity contribution in [2.24, 2.45) is 5.73 Å². The largest absolute Gasteiger partial charge is 0.416 e. The molecule has 0 radical (unpaired) electrons. The number of halogens is 3. The molecule has 2 N–H and O–H groups in total. The van der Waals surface area contributed by atoms with Crippen LogP contribution in [0.1, 0.15) is 5.56 Å². The molecule has 144 valence electrons. The van der Waals surface area contributed by atoms with E-state index in [0.717, 1.165) is 34.4 Å². The van der Waals surface area contributed by atoms with Gasteiger partial charge < -0.3 is 5.73 Å². The summed E-state index contributed by atoms with van der Waals surface area (Å²) in [4.78, 5) is 27.3. The van der Waals surface area contributed by atoms with Crippen LogP contribution in [0.4, 0.5) is 34.5 Å². The van der Waals surface area contributed by atoms with Crippen LogP contribution in [-0.4, -0.2) is 15.9 Å². The molecular formula is C17H11F3N4O3S. The zero-order valence-electron chi connectivity index (χ0n) is 13.9. The molecule has 0 spiro atoms. The number of primary amides is 1. The van der Waals surface area contributed by atoms with Gasteiger partial charge in [-0.3, -0.25) is 10.1 Å². The quantitative estimate of drug-likeness (QED) is 0.487. The van der Waals surface area contributed by atoms with Gasteiger partial charge in [0.1, 0.15) is 0 Å². The van der Waals surface area contributed by atoms with E-state index in [0.29, 0.717) is 11.3 Å². The molecule has 28 heavy (non-hydrogen) atoms. The summed E-state index contributed by atoms with van der Waals surface area (Å²) in [6, 6.07) is 8.79. The maximum absolute atomic E-state index is 13.0. The van der Waals surface area contributed by atoms with Crippen LogP contribution in [0.25, 0.3) is 11.3 Å². The van der Waals surface area contributed by atoms with Crippen molar-refractivity contribution in [2.45, 2.75) is 6.18 Å². The average molecular weight is 408 g/mol. The van der Waals surface area contributed by atoms with Crippen molar-refractivity contribution in [3.8, 4) is 11.3 Å². The fourth-order valence-electron chi connectivity index (χ4n) is 2.43. The van der Waals surface area contributed by atoms with Crippen molar-refractivity contribution in [3.63, 3.8) is 0 Å². The Kier molecular flexibility index (Phi) is 5.01. The molecule has 0 saturated carbocycles. The number of nitrogens with two attached hydrogens (primary N) is 1. The lowest BCUT2D eigenvalue weighted by atomic mass is 10.1. The molecule has 0 aliphatic heterocycles. The first-order chi connectivity index (χ1) is 13.2. The van der Waals surface area contributed by atoms with E-state index in [9.17, 15) is 28.1 Å². The van der Waals surface area contributed by atoms with Gasteiger partial charge in [0.05, 0.1) is 21.9 Å². The van der Waals surface area contributed by atoms with Crippen molar-refractivity contribution >= 4 is 33.9 Å². The Morgan fingerprint density at radius 3 is 2.54 bits per heavy atom. The molecular weight excluding hydrogens is 397 g/mol. The average Bonchev–Trinajstić information content (AvgIpc) is 3.11. The first kappa shape index (κ1) is 19.3. The molecule has 0 aliphatic rings. The van der Waals surface area contributed by atoms with Gasteiger partial charge in [0.15, 0.2) is 5.13 Å². The van der Waals surface area contributed by atoms with Crippen LogP contribution in [0, 0.1) is 10.1 Å². The van der Waals surface area contributed by atoms with E-state index in [1.807, 2.05) is 0 Å². The molecule has 0 bridgehead atoms. The van der Waals surface area contributed by atoms with E-state index in [1.165, 1.54) is 29.6 Å². The van der Waals surface area contributed by atoms with Gasteiger partial charge in [0.2, 0.25) is 0 Å². The summed E-state index contributed by atoms with van der Waals surface area (Å²) >= 11 is 0.966. The molecule has 0 unspecified atom stereocenters. The predicted octanol–water partition coefficient (Wildman–Crippen LogP) is 4.95. The Morgan fingerprint density at radius 2 is 1.89 bits per heavy atom. The maximum atomic E-state index is 13.0. The SMILES string of the molecule is NC(=O)N(c1cccc(C(F)(F)F)c1)c1nc(-c2cccc([N+](=O)[O-])c2)cs1. The number of anilines is 2. The molecule has 0 fully saturated rings. The van der Waals surface area contributed by atoms with Crippen LogP contribution in [0.15, 0.2) is 53.9 Å². The normalized spacial score (nSPS) is 11.2. The molecule has 0 atom stereocenters. The Labute approximate surface area is 160 Å². The van der Waals surface area contributed by atoms with E-state index >= 15 is 0 Å². The smallest absolute Gasteiger partial charge is 0.351 e. The number of hydrogen-bond donors (Lipinski definition) is 1. The van der Waals surface area contributed by atoms with Gasteiger partial charge in [-0.2, -0.15) is 13.2 Å². The van der Waals surface area contributed by atoms with Gasteiger partial charge in [-0.15, -0.1) is 11.3 Å². The maximum Gasteiger partial charge on any atom is 0.416 e. The van der Waals surface area contributed by atoms with Gasteiger partial charge in [-0.1, -0.05) is 18.2 Å². The second-order valence-electron chi connectivity index (χ2n) is 5.54. The fraction of sp³-hybridized carbons (Fsp3) is 0.0588. The molecule has 7 nitrogen and oxygen atoms in total. The number of nitro groups is 1. The van der Waals surface area contributed by atoms with Gasteiger partial charge in [0.25, 0.3) is 5.69 Å². The summed E-state index contributed by atoms with van der Waals surface area (Å²) in [5.41, 5.74) is 4.92. The Hall–Kier alpha value is -3.47. The summed E-state index contributed by atoms with van der Waals surface area (Å²) in [6.07, 6.45) is -4.59. The van der Waals surface area contributed by atoms with Gasteiger partial charge in [-0.05, 0) is 18.2 Å². The van der Waals surface area contributed by atoms with Gasteiger partial charge >= 0.3 is 12.2 Å². The number of nitrogens with zero attached hydrogens (tertiary/aromatic N) is 3. The lowest BCUT2D eigenvalue weighted by Crippen LogP contribution is -2.31.